The molecule has 2 rings (SSSR count). The lowest BCUT2D eigenvalue weighted by Crippen LogP contribution is -2.19. The van der Waals surface area contributed by atoms with Crippen LogP contribution in [0.5, 0.6) is 0 Å². The molecule has 0 saturated heterocycles. The molecule has 0 aromatic heterocycles. The Labute approximate surface area is 129 Å². The number of carbonyl (C=O) groups excluding carboxylic acids is 1. The summed E-state index contributed by atoms with van der Waals surface area (Å²) in [5.74, 6) is 0. The van der Waals surface area contributed by atoms with Gasteiger partial charge >= 0.3 is 6.03 Å². The number of carbonyl (C=O) groups is 1. The van der Waals surface area contributed by atoms with E-state index in [9.17, 15) is 4.79 Å². The summed E-state index contributed by atoms with van der Waals surface area (Å²) in [6, 6.07) is 13.3. The molecule has 0 aliphatic carbocycles. The van der Waals surface area contributed by atoms with E-state index < -0.39 is 0 Å². The van der Waals surface area contributed by atoms with Crippen molar-refractivity contribution in [3.05, 3.63) is 57.5 Å². The molecule has 0 fully saturated rings. The number of hydrogen-bond donors (Lipinski definition) is 2. The van der Waals surface area contributed by atoms with Crippen molar-refractivity contribution in [2.45, 2.75) is 0 Å². The molecule has 0 aliphatic heterocycles. The maximum atomic E-state index is 11.8. The van der Waals surface area contributed by atoms with Gasteiger partial charge in [-0.3, -0.25) is 0 Å². The SMILES string of the molecule is N#Cc1ccc(NC(=O)Nc2ccc(Cl)c(Br)c2)cc1. The second-order valence-corrected chi connectivity index (χ2v) is 5.16. The van der Waals surface area contributed by atoms with Crippen LogP contribution >= 0.6 is 27.5 Å². The lowest BCUT2D eigenvalue weighted by atomic mass is 10.2. The van der Waals surface area contributed by atoms with E-state index in [-0.39, 0.29) is 6.03 Å². The molecule has 0 atom stereocenters. The van der Waals surface area contributed by atoms with Gasteiger partial charge in [-0.2, -0.15) is 5.26 Å². The third-order valence-corrected chi connectivity index (χ3v) is 3.66. The zero-order valence-corrected chi connectivity index (χ0v) is 12.5. The van der Waals surface area contributed by atoms with Gasteiger partial charge in [0.15, 0.2) is 0 Å². The molecule has 100 valence electrons. The molecule has 2 amide bonds. The second-order valence-electron chi connectivity index (χ2n) is 3.90. The van der Waals surface area contributed by atoms with Gasteiger partial charge in [0, 0.05) is 15.8 Å². The summed E-state index contributed by atoms with van der Waals surface area (Å²) in [7, 11) is 0. The summed E-state index contributed by atoms with van der Waals surface area (Å²) < 4.78 is 0.704. The van der Waals surface area contributed by atoms with E-state index in [0.29, 0.717) is 26.4 Å². The van der Waals surface area contributed by atoms with Gasteiger partial charge in [0.2, 0.25) is 0 Å². The van der Waals surface area contributed by atoms with E-state index in [2.05, 4.69) is 26.6 Å². The average Bonchev–Trinajstić information content (AvgIpc) is 2.44. The summed E-state index contributed by atoms with van der Waals surface area (Å²) in [6.45, 7) is 0. The smallest absolute Gasteiger partial charge is 0.308 e. The number of nitrogens with zero attached hydrogens (tertiary/aromatic N) is 1. The molecule has 6 heteroatoms. The van der Waals surface area contributed by atoms with E-state index in [0.717, 1.165) is 0 Å². The first-order chi connectivity index (χ1) is 9.58. The van der Waals surface area contributed by atoms with Crippen LogP contribution in [-0.4, -0.2) is 6.03 Å². The van der Waals surface area contributed by atoms with Crippen molar-refractivity contribution in [1.29, 1.82) is 5.26 Å². The van der Waals surface area contributed by atoms with Gasteiger partial charge < -0.3 is 10.6 Å². The lowest BCUT2D eigenvalue weighted by molar-refractivity contribution is 0.262. The molecule has 0 aliphatic rings. The van der Waals surface area contributed by atoms with Gasteiger partial charge in [0.1, 0.15) is 0 Å². The van der Waals surface area contributed by atoms with Gasteiger partial charge in [-0.05, 0) is 58.4 Å². The van der Waals surface area contributed by atoms with Crippen molar-refractivity contribution < 1.29 is 4.79 Å². The van der Waals surface area contributed by atoms with Crippen LogP contribution in [0.15, 0.2) is 46.9 Å². The molecule has 0 spiro atoms. The maximum Gasteiger partial charge on any atom is 0.323 e. The zero-order valence-electron chi connectivity index (χ0n) is 10.2. The summed E-state index contributed by atoms with van der Waals surface area (Å²) in [6.07, 6.45) is 0. The fourth-order valence-corrected chi connectivity index (χ4v) is 1.99. The zero-order chi connectivity index (χ0) is 14.5. The first-order valence-electron chi connectivity index (χ1n) is 5.62. The van der Waals surface area contributed by atoms with Crippen LogP contribution in [0.4, 0.5) is 16.2 Å². The van der Waals surface area contributed by atoms with E-state index in [4.69, 9.17) is 16.9 Å². The van der Waals surface area contributed by atoms with Crippen molar-refractivity contribution >= 4 is 44.9 Å². The van der Waals surface area contributed by atoms with Crippen molar-refractivity contribution in [2.75, 3.05) is 10.6 Å². The average molecular weight is 351 g/mol. The number of hydrogen-bond acceptors (Lipinski definition) is 2. The molecular weight excluding hydrogens is 342 g/mol. The van der Waals surface area contributed by atoms with Gasteiger partial charge in [0.05, 0.1) is 16.7 Å². The largest absolute Gasteiger partial charge is 0.323 e. The number of urea groups is 1. The minimum atomic E-state index is -0.371. The van der Waals surface area contributed by atoms with E-state index in [1.165, 1.54) is 0 Å². The van der Waals surface area contributed by atoms with Crippen molar-refractivity contribution in [2.24, 2.45) is 0 Å². The summed E-state index contributed by atoms with van der Waals surface area (Å²) in [5.41, 5.74) is 1.76. The molecule has 20 heavy (non-hydrogen) atoms. The second kappa shape index (κ2) is 6.42. The molecule has 4 nitrogen and oxygen atoms in total. The number of rotatable bonds is 2. The third-order valence-electron chi connectivity index (χ3n) is 2.45. The van der Waals surface area contributed by atoms with Crippen molar-refractivity contribution in [3.8, 4) is 6.07 Å². The number of benzene rings is 2. The maximum absolute atomic E-state index is 11.8. The Morgan fingerprint density at radius 3 is 2.30 bits per heavy atom. The fraction of sp³-hybridized carbons (Fsp3) is 0. The number of halogens is 2. The Balaban J connectivity index is 2.01. The van der Waals surface area contributed by atoms with Gasteiger partial charge in [-0.1, -0.05) is 11.6 Å². The Morgan fingerprint density at radius 2 is 1.70 bits per heavy atom. The van der Waals surface area contributed by atoms with E-state index >= 15 is 0 Å². The highest BCUT2D eigenvalue weighted by Crippen LogP contribution is 2.25. The molecular formula is C14H9BrClN3O. The Kier molecular flexibility index (Phi) is 4.61. The van der Waals surface area contributed by atoms with Crippen LogP contribution < -0.4 is 10.6 Å². The summed E-state index contributed by atoms with van der Waals surface area (Å²) in [4.78, 5) is 11.8. The highest BCUT2D eigenvalue weighted by Gasteiger charge is 2.04. The minimum Gasteiger partial charge on any atom is -0.308 e. The van der Waals surface area contributed by atoms with E-state index in [1.54, 1.807) is 42.5 Å². The molecule has 2 aromatic carbocycles. The van der Waals surface area contributed by atoms with Crippen molar-refractivity contribution in [3.63, 3.8) is 0 Å². The van der Waals surface area contributed by atoms with Crippen LogP contribution in [0.3, 0.4) is 0 Å². The number of amides is 2. The van der Waals surface area contributed by atoms with Crippen LogP contribution in [0.25, 0.3) is 0 Å². The van der Waals surface area contributed by atoms with Gasteiger partial charge in [-0.15, -0.1) is 0 Å². The quantitative estimate of drug-likeness (QED) is 0.830. The number of nitriles is 1. The van der Waals surface area contributed by atoms with Crippen LogP contribution in [-0.2, 0) is 0 Å². The summed E-state index contributed by atoms with van der Waals surface area (Å²) >= 11 is 9.16. The fourth-order valence-electron chi connectivity index (χ4n) is 1.50. The standard InChI is InChI=1S/C14H9BrClN3O/c15-12-7-11(5-6-13(12)16)19-14(20)18-10-3-1-9(8-17)2-4-10/h1-7H,(H2,18,19,20). The Hall–Kier alpha value is -2.03. The number of anilines is 2. The van der Waals surface area contributed by atoms with Crippen LogP contribution in [0.1, 0.15) is 5.56 Å². The van der Waals surface area contributed by atoms with E-state index in [1.807, 2.05) is 6.07 Å². The third kappa shape index (κ3) is 3.73. The molecule has 2 N–H and O–H groups in total. The van der Waals surface area contributed by atoms with Gasteiger partial charge in [-0.25, -0.2) is 4.79 Å². The molecule has 0 heterocycles. The normalized spacial score (nSPS) is 9.65. The highest BCUT2D eigenvalue weighted by atomic mass is 79.9. The van der Waals surface area contributed by atoms with Crippen molar-refractivity contribution in [1.82, 2.24) is 0 Å². The first-order valence-corrected chi connectivity index (χ1v) is 6.79. The molecule has 0 unspecified atom stereocenters. The molecule has 2 aromatic rings. The predicted octanol–water partition coefficient (Wildman–Crippen LogP) is 4.62. The minimum absolute atomic E-state index is 0.371. The molecule has 0 saturated carbocycles. The Morgan fingerprint density at radius 1 is 1.10 bits per heavy atom. The van der Waals surface area contributed by atoms with Gasteiger partial charge in [0.25, 0.3) is 0 Å². The topological polar surface area (TPSA) is 64.9 Å². The van der Waals surface area contributed by atoms with Crippen LogP contribution in [0.2, 0.25) is 5.02 Å². The monoisotopic (exact) mass is 349 g/mol. The highest BCUT2D eigenvalue weighted by molar-refractivity contribution is 9.10. The van der Waals surface area contributed by atoms with Crippen LogP contribution in [0, 0.1) is 11.3 Å². The first kappa shape index (κ1) is 14.4. The number of nitrogens with one attached hydrogen (secondary N) is 2. The molecule has 0 radical (unpaired) electrons. The summed E-state index contributed by atoms with van der Waals surface area (Å²) in [5, 5.41) is 14.6. The predicted molar refractivity (Wildman–Crippen MR) is 83.0 cm³/mol. The Bertz CT molecular complexity index is 680. The lowest BCUT2D eigenvalue weighted by Gasteiger charge is -2.08. The molecule has 0 bridgehead atoms.